The van der Waals surface area contributed by atoms with Crippen molar-refractivity contribution in [3.63, 3.8) is 0 Å². The molecule has 2 aliphatic heterocycles. The van der Waals surface area contributed by atoms with Gasteiger partial charge < -0.3 is 10.2 Å². The van der Waals surface area contributed by atoms with Gasteiger partial charge in [0.15, 0.2) is 5.17 Å². The average Bonchev–Trinajstić information content (AvgIpc) is 3.48. The minimum Gasteiger partial charge on any atom is -0.351 e. The third-order valence-electron chi connectivity index (χ3n) is 5.32. The molecule has 4 amide bonds. The van der Waals surface area contributed by atoms with Gasteiger partial charge in [-0.15, -0.1) is 0 Å². The Morgan fingerprint density at radius 2 is 1.68 bits per heavy atom. The van der Waals surface area contributed by atoms with Crippen LogP contribution in [0.1, 0.15) is 40.0 Å². The summed E-state index contributed by atoms with van der Waals surface area (Å²) in [5.74, 6) is -1.67. The normalized spacial score (nSPS) is 17.3. The van der Waals surface area contributed by atoms with Gasteiger partial charge in [0.05, 0.1) is 10.6 Å². The molecule has 11 heteroatoms. The maximum absolute atomic E-state index is 12.4. The molecule has 2 aliphatic rings. The average molecular weight is 500 g/mol. The molecular formula is C23H22ClN5O4S. The standard InChI is InChI=1S/C23H22ClN5O4S/c24-17-6-2-1-5-16(17)21(32)28-27-20(31)14-7-9-15(10-8-14)25-19(30)13-18-22(33)26-23(34-18)29-11-3-4-12-29/h1-2,5-10,18H,3-4,11-13H2,(H,25,30)(H,27,31)(H,28,32). The molecule has 0 bridgehead atoms. The number of anilines is 1. The maximum atomic E-state index is 12.4. The molecule has 2 heterocycles. The van der Waals surface area contributed by atoms with Crippen LogP contribution in [0.3, 0.4) is 0 Å². The first kappa shape index (κ1) is 23.8. The van der Waals surface area contributed by atoms with Crippen LogP contribution in [0.2, 0.25) is 5.02 Å². The number of halogens is 1. The number of hydrogen-bond donors (Lipinski definition) is 3. The van der Waals surface area contributed by atoms with Gasteiger partial charge in [-0.05, 0) is 49.2 Å². The minimum atomic E-state index is -0.543. The van der Waals surface area contributed by atoms with Gasteiger partial charge in [-0.2, -0.15) is 4.99 Å². The summed E-state index contributed by atoms with van der Waals surface area (Å²) in [6.45, 7) is 1.78. The summed E-state index contributed by atoms with van der Waals surface area (Å²) in [6.07, 6.45) is 2.18. The quantitative estimate of drug-likeness (QED) is 0.544. The second kappa shape index (κ2) is 10.7. The SMILES string of the molecule is O=C(CC1SC(N2CCCC2)=NC1=O)Nc1ccc(C(=O)NNC(=O)c2ccccc2Cl)cc1. The Balaban J connectivity index is 1.25. The van der Waals surface area contributed by atoms with Gasteiger partial charge in [0, 0.05) is 30.8 Å². The van der Waals surface area contributed by atoms with Crippen molar-refractivity contribution >= 4 is 57.8 Å². The van der Waals surface area contributed by atoms with Crippen LogP contribution in [0, 0.1) is 0 Å². The summed E-state index contributed by atoms with van der Waals surface area (Å²) >= 11 is 7.31. The first-order chi connectivity index (χ1) is 16.4. The van der Waals surface area contributed by atoms with Crippen LogP contribution in [0.5, 0.6) is 0 Å². The second-order valence-electron chi connectivity index (χ2n) is 7.75. The van der Waals surface area contributed by atoms with Crippen LogP contribution in [0.15, 0.2) is 53.5 Å². The number of likely N-dealkylation sites (tertiary alicyclic amines) is 1. The summed E-state index contributed by atoms with van der Waals surface area (Å²) in [5, 5.41) is 3.18. The number of nitrogens with zero attached hydrogens (tertiary/aromatic N) is 2. The molecule has 1 unspecified atom stereocenters. The summed E-state index contributed by atoms with van der Waals surface area (Å²) < 4.78 is 0. The Hall–Kier alpha value is -3.37. The molecule has 1 atom stereocenters. The number of nitrogens with one attached hydrogen (secondary N) is 3. The van der Waals surface area contributed by atoms with Crippen molar-refractivity contribution in [2.24, 2.45) is 4.99 Å². The van der Waals surface area contributed by atoms with E-state index in [0.717, 1.165) is 25.9 Å². The first-order valence-corrected chi connectivity index (χ1v) is 12.0. The van der Waals surface area contributed by atoms with Crippen LogP contribution in [0.25, 0.3) is 0 Å². The van der Waals surface area contributed by atoms with E-state index in [4.69, 9.17) is 11.6 Å². The zero-order chi connectivity index (χ0) is 24.1. The molecule has 34 heavy (non-hydrogen) atoms. The molecule has 4 rings (SSSR count). The summed E-state index contributed by atoms with van der Waals surface area (Å²) in [4.78, 5) is 55.2. The molecule has 9 nitrogen and oxygen atoms in total. The van der Waals surface area contributed by atoms with Crippen molar-refractivity contribution in [2.75, 3.05) is 18.4 Å². The number of benzene rings is 2. The smallest absolute Gasteiger partial charge is 0.271 e. The van der Waals surface area contributed by atoms with Crippen LogP contribution < -0.4 is 16.2 Å². The van der Waals surface area contributed by atoms with E-state index in [2.05, 4.69) is 26.1 Å². The van der Waals surface area contributed by atoms with Crippen molar-refractivity contribution in [1.29, 1.82) is 0 Å². The summed E-state index contributed by atoms with van der Waals surface area (Å²) in [7, 11) is 0. The molecular weight excluding hydrogens is 478 g/mol. The number of carbonyl (C=O) groups is 4. The fourth-order valence-corrected chi connectivity index (χ4v) is 4.88. The predicted molar refractivity (Wildman–Crippen MR) is 131 cm³/mol. The number of aliphatic imine (C=N–C) groups is 1. The van der Waals surface area contributed by atoms with Gasteiger partial charge in [-0.1, -0.05) is 35.5 Å². The Labute approximate surface area is 205 Å². The lowest BCUT2D eigenvalue weighted by Crippen LogP contribution is -2.41. The molecule has 2 aromatic carbocycles. The Morgan fingerprint density at radius 3 is 2.38 bits per heavy atom. The molecule has 176 valence electrons. The lowest BCUT2D eigenvalue weighted by Gasteiger charge is -2.16. The lowest BCUT2D eigenvalue weighted by molar-refractivity contribution is -0.121. The zero-order valence-corrected chi connectivity index (χ0v) is 19.6. The molecule has 2 aromatic rings. The zero-order valence-electron chi connectivity index (χ0n) is 18.0. The highest BCUT2D eigenvalue weighted by molar-refractivity contribution is 8.15. The highest BCUT2D eigenvalue weighted by atomic mass is 35.5. The van der Waals surface area contributed by atoms with Crippen molar-refractivity contribution in [3.05, 3.63) is 64.7 Å². The number of thioether (sulfide) groups is 1. The number of amides is 4. The molecule has 0 spiro atoms. The largest absolute Gasteiger partial charge is 0.351 e. The van der Waals surface area contributed by atoms with Gasteiger partial charge in [0.25, 0.3) is 17.7 Å². The molecule has 0 aliphatic carbocycles. The van der Waals surface area contributed by atoms with E-state index < -0.39 is 17.1 Å². The summed E-state index contributed by atoms with van der Waals surface area (Å²) in [6, 6.07) is 12.6. The Morgan fingerprint density at radius 1 is 1.00 bits per heavy atom. The number of rotatable bonds is 5. The maximum Gasteiger partial charge on any atom is 0.271 e. The Bertz CT molecular complexity index is 1150. The fourth-order valence-electron chi connectivity index (χ4n) is 3.54. The highest BCUT2D eigenvalue weighted by Gasteiger charge is 2.33. The van der Waals surface area contributed by atoms with E-state index in [9.17, 15) is 19.2 Å². The van der Waals surface area contributed by atoms with Crippen molar-refractivity contribution < 1.29 is 19.2 Å². The van der Waals surface area contributed by atoms with Crippen molar-refractivity contribution in [2.45, 2.75) is 24.5 Å². The molecule has 1 fully saturated rings. The van der Waals surface area contributed by atoms with Gasteiger partial charge in [0.1, 0.15) is 5.25 Å². The van der Waals surface area contributed by atoms with Gasteiger partial charge >= 0.3 is 0 Å². The Kier molecular flexibility index (Phi) is 7.49. The van der Waals surface area contributed by atoms with E-state index in [-0.39, 0.29) is 34.4 Å². The molecule has 1 saturated heterocycles. The molecule has 0 aromatic heterocycles. The molecule has 3 N–H and O–H groups in total. The summed E-state index contributed by atoms with van der Waals surface area (Å²) in [5.41, 5.74) is 5.64. The van der Waals surface area contributed by atoms with Crippen LogP contribution in [-0.2, 0) is 9.59 Å². The minimum absolute atomic E-state index is 0.0145. The number of hydrogen-bond acceptors (Lipinski definition) is 6. The first-order valence-electron chi connectivity index (χ1n) is 10.7. The van der Waals surface area contributed by atoms with Crippen LogP contribution in [0.4, 0.5) is 5.69 Å². The van der Waals surface area contributed by atoms with Gasteiger partial charge in [-0.3, -0.25) is 30.0 Å². The molecule has 0 radical (unpaired) electrons. The van der Waals surface area contributed by atoms with E-state index >= 15 is 0 Å². The number of carbonyl (C=O) groups excluding carboxylic acids is 4. The van der Waals surface area contributed by atoms with E-state index in [1.807, 2.05) is 0 Å². The van der Waals surface area contributed by atoms with Gasteiger partial charge in [0.2, 0.25) is 5.91 Å². The van der Waals surface area contributed by atoms with Gasteiger partial charge in [-0.25, -0.2) is 0 Å². The third-order valence-corrected chi connectivity index (χ3v) is 6.86. The van der Waals surface area contributed by atoms with Crippen molar-refractivity contribution in [3.8, 4) is 0 Å². The number of amidine groups is 1. The fraction of sp³-hybridized carbons (Fsp3) is 0.261. The second-order valence-corrected chi connectivity index (χ2v) is 9.33. The van der Waals surface area contributed by atoms with E-state index in [0.29, 0.717) is 10.9 Å². The third kappa shape index (κ3) is 5.75. The van der Waals surface area contributed by atoms with Crippen LogP contribution in [-0.4, -0.2) is 52.0 Å². The van der Waals surface area contributed by atoms with Crippen LogP contribution >= 0.6 is 23.4 Å². The monoisotopic (exact) mass is 499 g/mol. The predicted octanol–water partition coefficient (Wildman–Crippen LogP) is 2.84. The van der Waals surface area contributed by atoms with Crippen molar-refractivity contribution in [1.82, 2.24) is 15.8 Å². The topological polar surface area (TPSA) is 120 Å². The lowest BCUT2D eigenvalue weighted by atomic mass is 10.2. The highest BCUT2D eigenvalue weighted by Crippen LogP contribution is 2.29. The number of hydrazine groups is 1. The van der Waals surface area contributed by atoms with E-state index in [1.54, 1.807) is 30.3 Å². The van der Waals surface area contributed by atoms with E-state index in [1.165, 1.54) is 30.0 Å². The molecule has 0 saturated carbocycles.